The highest BCUT2D eigenvalue weighted by molar-refractivity contribution is 6.18. The molecule has 26 heavy (non-hydrogen) atoms. The number of carbonyl (C=O) groups is 2. The van der Waals surface area contributed by atoms with Crippen LogP contribution in [0.3, 0.4) is 0 Å². The first kappa shape index (κ1) is 14.9. The largest absolute Gasteiger partial charge is 0.444 e. The highest BCUT2D eigenvalue weighted by atomic mass is 16.5. The Hall–Kier alpha value is -3.42. The number of H-pyrrole nitrogens is 2. The normalized spacial score (nSPS) is 23.2. The van der Waals surface area contributed by atoms with E-state index in [2.05, 4.69) is 15.3 Å². The molecule has 0 bridgehead atoms. The van der Waals surface area contributed by atoms with Gasteiger partial charge in [-0.1, -0.05) is 18.2 Å². The molecule has 1 aromatic carbocycles. The summed E-state index contributed by atoms with van der Waals surface area (Å²) in [5, 5.41) is 2.77. The molecular formula is C18H13N3O5. The van der Waals surface area contributed by atoms with Gasteiger partial charge < -0.3 is 10.1 Å². The van der Waals surface area contributed by atoms with Crippen LogP contribution in [0.1, 0.15) is 30.4 Å². The van der Waals surface area contributed by atoms with Gasteiger partial charge in [0.2, 0.25) is 11.8 Å². The first-order valence-electron chi connectivity index (χ1n) is 8.26. The van der Waals surface area contributed by atoms with Gasteiger partial charge in [0.05, 0.1) is 5.57 Å². The third kappa shape index (κ3) is 1.63. The Bertz CT molecular complexity index is 1160. The first-order valence-corrected chi connectivity index (χ1v) is 8.26. The Kier molecular flexibility index (Phi) is 2.75. The van der Waals surface area contributed by atoms with Crippen molar-refractivity contribution in [2.45, 2.75) is 24.7 Å². The van der Waals surface area contributed by atoms with E-state index in [1.807, 2.05) is 0 Å². The number of aromatic amines is 2. The Labute approximate surface area is 145 Å². The molecule has 2 aliphatic heterocycles. The summed E-state index contributed by atoms with van der Waals surface area (Å²) in [7, 11) is 0. The van der Waals surface area contributed by atoms with Gasteiger partial charge in [0.15, 0.2) is 5.78 Å². The van der Waals surface area contributed by atoms with Crippen molar-refractivity contribution in [1.29, 1.82) is 0 Å². The lowest BCUT2D eigenvalue weighted by atomic mass is 9.65. The number of carbonyl (C=O) groups excluding carboxylic acids is 2. The van der Waals surface area contributed by atoms with Crippen molar-refractivity contribution in [2.75, 3.05) is 5.32 Å². The van der Waals surface area contributed by atoms with E-state index in [0.717, 1.165) is 0 Å². The topological polar surface area (TPSA) is 121 Å². The van der Waals surface area contributed by atoms with Crippen LogP contribution in [0.5, 0.6) is 5.88 Å². The van der Waals surface area contributed by atoms with Gasteiger partial charge in [-0.15, -0.1) is 0 Å². The van der Waals surface area contributed by atoms with E-state index in [1.54, 1.807) is 24.3 Å². The lowest BCUT2D eigenvalue weighted by Crippen LogP contribution is -2.49. The quantitative estimate of drug-likeness (QED) is 0.645. The van der Waals surface area contributed by atoms with Crippen molar-refractivity contribution < 1.29 is 14.3 Å². The number of nitrogens with one attached hydrogen (secondary N) is 3. The molecule has 1 aliphatic carbocycles. The van der Waals surface area contributed by atoms with Gasteiger partial charge in [0.1, 0.15) is 16.7 Å². The third-order valence-corrected chi connectivity index (χ3v) is 5.17. The molecule has 8 heteroatoms. The number of fused-ring (bicyclic) bond motifs is 5. The van der Waals surface area contributed by atoms with Gasteiger partial charge in [-0.25, -0.2) is 4.79 Å². The van der Waals surface area contributed by atoms with E-state index in [4.69, 9.17) is 4.74 Å². The number of benzene rings is 1. The third-order valence-electron chi connectivity index (χ3n) is 5.17. The number of ketones is 1. The molecule has 0 saturated carbocycles. The average Bonchev–Trinajstić information content (AvgIpc) is 2.87. The summed E-state index contributed by atoms with van der Waals surface area (Å²) >= 11 is 0. The van der Waals surface area contributed by atoms with Crippen LogP contribution in [0, 0.1) is 0 Å². The Balaban J connectivity index is 1.99. The number of allylic oxidation sites excluding steroid dienone is 1. The maximum absolute atomic E-state index is 13.2. The summed E-state index contributed by atoms with van der Waals surface area (Å²) in [5.74, 6) is -0.473. The van der Waals surface area contributed by atoms with Crippen molar-refractivity contribution in [2.24, 2.45) is 0 Å². The van der Waals surface area contributed by atoms with Crippen molar-refractivity contribution >= 4 is 17.4 Å². The Morgan fingerprint density at radius 3 is 2.65 bits per heavy atom. The maximum Gasteiger partial charge on any atom is 0.328 e. The summed E-state index contributed by atoms with van der Waals surface area (Å²) < 4.78 is 5.72. The molecule has 1 atom stereocenters. The van der Waals surface area contributed by atoms with Gasteiger partial charge in [0, 0.05) is 24.1 Å². The number of para-hydroxylation sites is 1. The van der Waals surface area contributed by atoms with Gasteiger partial charge in [-0.05, 0) is 12.5 Å². The maximum atomic E-state index is 13.2. The number of amides is 1. The number of hydrogen-bond acceptors (Lipinski definition) is 5. The summed E-state index contributed by atoms with van der Waals surface area (Å²) in [4.78, 5) is 55.1. The molecule has 5 rings (SSSR count). The molecule has 1 spiro atoms. The molecule has 2 aromatic rings. The molecule has 3 aliphatic rings. The number of ether oxygens (including phenoxy) is 1. The lowest BCUT2D eigenvalue weighted by Gasteiger charge is -2.37. The lowest BCUT2D eigenvalue weighted by molar-refractivity contribution is -0.123. The number of anilines is 1. The average molecular weight is 351 g/mol. The van der Waals surface area contributed by atoms with E-state index >= 15 is 0 Å². The smallest absolute Gasteiger partial charge is 0.328 e. The fourth-order valence-corrected chi connectivity index (χ4v) is 4.22. The van der Waals surface area contributed by atoms with Crippen LogP contribution in [0.2, 0.25) is 0 Å². The second-order valence-electron chi connectivity index (χ2n) is 6.54. The minimum atomic E-state index is -1.62. The standard InChI is InChI=1S/C18H13N3O5/c22-10-6-3-7-11-12(10)18(8-4-1-2-5-9(8)19-16(18)24)13-14(23)20-17(25)21-15(13)26-11/h1-2,4-5H,3,6-7H2,(H,19,24)(H2,20,21,23,25). The highest BCUT2D eigenvalue weighted by Crippen LogP contribution is 2.53. The molecule has 130 valence electrons. The van der Waals surface area contributed by atoms with Crippen molar-refractivity contribution in [3.05, 3.63) is 67.6 Å². The van der Waals surface area contributed by atoms with Crippen LogP contribution in [0.15, 0.2) is 45.2 Å². The number of hydrogen-bond donors (Lipinski definition) is 3. The highest BCUT2D eigenvalue weighted by Gasteiger charge is 2.59. The van der Waals surface area contributed by atoms with E-state index in [9.17, 15) is 19.2 Å². The summed E-state index contributed by atoms with van der Waals surface area (Å²) in [6.07, 6.45) is 1.31. The minimum absolute atomic E-state index is 0.0615. The molecule has 8 nitrogen and oxygen atoms in total. The summed E-state index contributed by atoms with van der Waals surface area (Å²) in [6, 6.07) is 6.92. The second-order valence-corrected chi connectivity index (χ2v) is 6.54. The van der Waals surface area contributed by atoms with Crippen LogP contribution in [-0.2, 0) is 15.0 Å². The fraction of sp³-hybridized carbons (Fsp3) is 0.222. The zero-order valence-electron chi connectivity index (χ0n) is 13.5. The van der Waals surface area contributed by atoms with E-state index < -0.39 is 22.6 Å². The van der Waals surface area contributed by atoms with Crippen molar-refractivity contribution in [3.8, 4) is 5.88 Å². The Morgan fingerprint density at radius 2 is 1.81 bits per heavy atom. The van der Waals surface area contributed by atoms with Gasteiger partial charge in [0.25, 0.3) is 5.56 Å². The summed E-state index contributed by atoms with van der Waals surface area (Å²) in [6.45, 7) is 0. The van der Waals surface area contributed by atoms with Crippen LogP contribution < -0.4 is 21.3 Å². The minimum Gasteiger partial charge on any atom is -0.444 e. The van der Waals surface area contributed by atoms with Crippen molar-refractivity contribution in [3.63, 3.8) is 0 Å². The second kappa shape index (κ2) is 4.81. The van der Waals surface area contributed by atoms with Gasteiger partial charge >= 0.3 is 5.69 Å². The van der Waals surface area contributed by atoms with E-state index in [0.29, 0.717) is 29.9 Å². The zero-order valence-corrected chi connectivity index (χ0v) is 13.5. The van der Waals surface area contributed by atoms with Crippen LogP contribution in [0.25, 0.3) is 0 Å². The molecule has 1 aromatic heterocycles. The number of aromatic nitrogens is 2. The SMILES string of the molecule is O=C1CCCC2=C1C1(C(=O)Nc3ccccc31)c1c([nH]c(=O)[nH]c1=O)O2. The Morgan fingerprint density at radius 1 is 1.00 bits per heavy atom. The van der Waals surface area contributed by atoms with Crippen LogP contribution >= 0.6 is 0 Å². The molecule has 0 radical (unpaired) electrons. The zero-order chi connectivity index (χ0) is 18.1. The molecule has 1 amide bonds. The predicted octanol–water partition coefficient (Wildman–Crippen LogP) is 0.701. The molecule has 3 N–H and O–H groups in total. The molecule has 0 saturated heterocycles. The van der Waals surface area contributed by atoms with Gasteiger partial charge in [-0.3, -0.25) is 24.4 Å². The molecule has 1 unspecified atom stereocenters. The predicted molar refractivity (Wildman–Crippen MR) is 90.0 cm³/mol. The van der Waals surface area contributed by atoms with Gasteiger partial charge in [-0.2, -0.15) is 0 Å². The fourth-order valence-electron chi connectivity index (χ4n) is 4.22. The first-order chi connectivity index (χ1) is 12.5. The molecule has 3 heterocycles. The van der Waals surface area contributed by atoms with E-state index in [-0.39, 0.29) is 29.2 Å². The van der Waals surface area contributed by atoms with Crippen molar-refractivity contribution in [1.82, 2.24) is 9.97 Å². The molecular weight excluding hydrogens is 338 g/mol. The van der Waals surface area contributed by atoms with Crippen LogP contribution in [-0.4, -0.2) is 21.7 Å². The van der Waals surface area contributed by atoms with Crippen LogP contribution in [0.4, 0.5) is 5.69 Å². The number of rotatable bonds is 0. The van der Waals surface area contributed by atoms with E-state index in [1.165, 1.54) is 0 Å². The monoisotopic (exact) mass is 351 g/mol. The number of Topliss-reactive ketones (excluding diaryl/α,β-unsaturated/α-hetero) is 1. The summed E-state index contributed by atoms with van der Waals surface area (Å²) in [5.41, 5.74) is -1.93. The molecule has 0 fully saturated rings.